The van der Waals surface area contributed by atoms with Crippen molar-refractivity contribution in [1.82, 2.24) is 24.6 Å². The molecule has 0 unspecified atom stereocenters. The maximum Gasteiger partial charge on any atom is 0.339 e. The van der Waals surface area contributed by atoms with Gasteiger partial charge in [-0.05, 0) is 25.0 Å². The van der Waals surface area contributed by atoms with Crippen LogP contribution in [-0.4, -0.2) is 37.6 Å². The number of benzene rings is 1. The van der Waals surface area contributed by atoms with Gasteiger partial charge in [-0.15, -0.1) is 0 Å². The Bertz CT molecular complexity index is 1220. The number of hydrogen-bond donors (Lipinski definition) is 1. The number of nitrogens with zero attached hydrogens (tertiary/aromatic N) is 5. The first-order chi connectivity index (χ1) is 14.7. The fourth-order valence-electron chi connectivity index (χ4n) is 3.44. The molecule has 3 aromatic heterocycles. The van der Waals surface area contributed by atoms with Crippen molar-refractivity contribution in [2.75, 3.05) is 12.4 Å². The van der Waals surface area contributed by atoms with Gasteiger partial charge in [0.2, 0.25) is 0 Å². The van der Waals surface area contributed by atoms with E-state index in [4.69, 9.17) is 9.72 Å². The van der Waals surface area contributed by atoms with Gasteiger partial charge in [0.05, 0.1) is 36.3 Å². The fourth-order valence-corrected chi connectivity index (χ4v) is 3.44. The monoisotopic (exact) mass is 400 g/mol. The highest BCUT2D eigenvalue weighted by molar-refractivity contribution is 5.90. The Hall–Kier alpha value is -3.81. The molecule has 1 fully saturated rings. The maximum absolute atomic E-state index is 12.0. The number of ether oxygens (including phenoxy) is 1. The molecule has 0 amide bonds. The van der Waals surface area contributed by atoms with Gasteiger partial charge >= 0.3 is 5.97 Å². The van der Waals surface area contributed by atoms with Gasteiger partial charge in [-0.1, -0.05) is 30.3 Å². The zero-order chi connectivity index (χ0) is 20.5. The summed E-state index contributed by atoms with van der Waals surface area (Å²) in [5, 5.41) is 7.66. The molecule has 1 N–H and O–H groups in total. The number of rotatable bonds is 6. The molecule has 3 heterocycles. The molecule has 1 aromatic carbocycles. The van der Waals surface area contributed by atoms with E-state index in [0.29, 0.717) is 23.8 Å². The van der Waals surface area contributed by atoms with Gasteiger partial charge in [-0.2, -0.15) is 14.6 Å². The highest BCUT2D eigenvalue weighted by Gasteiger charge is 2.30. The number of hydrogen-bond acceptors (Lipinski definition) is 7. The Morgan fingerprint density at radius 3 is 2.77 bits per heavy atom. The summed E-state index contributed by atoms with van der Waals surface area (Å²) in [6.45, 7) is 0.481. The second-order valence-electron chi connectivity index (χ2n) is 7.22. The summed E-state index contributed by atoms with van der Waals surface area (Å²) in [6, 6.07) is 15.5. The summed E-state index contributed by atoms with van der Waals surface area (Å²) in [5.74, 6) is 1.29. The lowest BCUT2D eigenvalue weighted by Gasteiger charge is -2.12. The third-order valence-electron chi connectivity index (χ3n) is 5.12. The van der Waals surface area contributed by atoms with Crippen LogP contribution in [0.25, 0.3) is 17.0 Å². The summed E-state index contributed by atoms with van der Waals surface area (Å²) in [6.07, 6.45) is 3.59. The Morgan fingerprint density at radius 1 is 1.17 bits per heavy atom. The molecule has 30 heavy (non-hydrogen) atoms. The maximum atomic E-state index is 12.0. The third-order valence-corrected chi connectivity index (χ3v) is 5.12. The predicted octanol–water partition coefficient (Wildman–Crippen LogP) is 3.46. The molecule has 0 bridgehead atoms. The van der Waals surface area contributed by atoms with Crippen LogP contribution in [0.15, 0.2) is 54.9 Å². The number of fused-ring (bicyclic) bond motifs is 1. The number of pyridine rings is 1. The minimum atomic E-state index is -0.338. The Kier molecular flexibility index (Phi) is 4.59. The third kappa shape index (κ3) is 3.47. The number of nitrogens with one attached hydrogen (secondary N) is 1. The van der Waals surface area contributed by atoms with E-state index in [0.717, 1.165) is 41.3 Å². The van der Waals surface area contributed by atoms with Crippen LogP contribution in [0, 0.1) is 0 Å². The number of carbonyl (C=O) groups excluding carboxylic acids is 1. The number of methoxy groups -OCH3 is 1. The number of esters is 1. The van der Waals surface area contributed by atoms with Crippen molar-refractivity contribution in [2.45, 2.75) is 25.3 Å². The van der Waals surface area contributed by atoms with Gasteiger partial charge in [0.15, 0.2) is 0 Å². The van der Waals surface area contributed by atoms with Crippen LogP contribution < -0.4 is 5.32 Å². The average Bonchev–Trinajstić information content (AvgIpc) is 3.54. The lowest BCUT2D eigenvalue weighted by Crippen LogP contribution is -2.11. The average molecular weight is 400 g/mol. The van der Waals surface area contributed by atoms with Crippen LogP contribution in [0.1, 0.15) is 40.5 Å². The normalized spacial score (nSPS) is 13.4. The summed E-state index contributed by atoms with van der Waals surface area (Å²) in [4.78, 5) is 25.6. The van der Waals surface area contributed by atoms with Gasteiger partial charge in [-0.25, -0.2) is 9.78 Å². The van der Waals surface area contributed by atoms with Crippen molar-refractivity contribution in [3.63, 3.8) is 0 Å². The first-order valence-corrected chi connectivity index (χ1v) is 9.81. The second-order valence-corrected chi connectivity index (χ2v) is 7.22. The van der Waals surface area contributed by atoms with Crippen LogP contribution in [0.5, 0.6) is 0 Å². The van der Waals surface area contributed by atoms with Gasteiger partial charge in [0.1, 0.15) is 12.1 Å². The standard InChI is InChI=1S/C22H20N6O2/c1-30-21(29)17-10-9-16(26-20(17)15-7-8-15)12-23-19-11-18(14-5-3-2-4-6-14)27-22-24-13-25-28(19)22/h2-6,9-11,13,15,23H,7-8,12H2,1H3. The van der Waals surface area contributed by atoms with E-state index in [1.807, 2.05) is 42.5 Å². The molecular formula is C22H20N6O2. The Balaban J connectivity index is 1.45. The van der Waals surface area contributed by atoms with E-state index in [-0.39, 0.29) is 5.97 Å². The predicted molar refractivity (Wildman–Crippen MR) is 111 cm³/mol. The zero-order valence-electron chi connectivity index (χ0n) is 16.4. The molecule has 150 valence electrons. The van der Waals surface area contributed by atoms with Crippen molar-refractivity contribution < 1.29 is 9.53 Å². The van der Waals surface area contributed by atoms with Crippen LogP contribution in [0.4, 0.5) is 5.82 Å². The fraction of sp³-hybridized carbons (Fsp3) is 0.227. The van der Waals surface area contributed by atoms with Gasteiger partial charge in [0.25, 0.3) is 5.78 Å². The molecule has 1 saturated carbocycles. The molecule has 0 radical (unpaired) electrons. The molecule has 0 aliphatic heterocycles. The highest BCUT2D eigenvalue weighted by atomic mass is 16.5. The quantitative estimate of drug-likeness (QED) is 0.495. The Morgan fingerprint density at radius 2 is 2.00 bits per heavy atom. The zero-order valence-corrected chi connectivity index (χ0v) is 16.4. The number of aromatic nitrogens is 5. The van der Waals surface area contributed by atoms with Crippen molar-refractivity contribution in [1.29, 1.82) is 0 Å². The lowest BCUT2D eigenvalue weighted by molar-refractivity contribution is 0.0598. The second kappa shape index (κ2) is 7.55. The first-order valence-electron chi connectivity index (χ1n) is 9.81. The Labute approximate surface area is 173 Å². The molecule has 8 nitrogen and oxygen atoms in total. The van der Waals surface area contributed by atoms with Crippen LogP contribution in [-0.2, 0) is 11.3 Å². The van der Waals surface area contributed by atoms with Crippen LogP contribution in [0.2, 0.25) is 0 Å². The van der Waals surface area contributed by atoms with Crippen molar-refractivity contribution >= 4 is 17.6 Å². The van der Waals surface area contributed by atoms with Crippen molar-refractivity contribution in [3.05, 3.63) is 71.8 Å². The molecular weight excluding hydrogens is 380 g/mol. The largest absolute Gasteiger partial charge is 0.465 e. The smallest absolute Gasteiger partial charge is 0.339 e. The molecule has 5 rings (SSSR count). The minimum absolute atomic E-state index is 0.338. The molecule has 1 aliphatic carbocycles. The highest BCUT2D eigenvalue weighted by Crippen LogP contribution is 2.40. The molecule has 8 heteroatoms. The van der Waals surface area contributed by atoms with Gasteiger partial charge < -0.3 is 10.1 Å². The van der Waals surface area contributed by atoms with E-state index in [2.05, 4.69) is 20.4 Å². The van der Waals surface area contributed by atoms with E-state index >= 15 is 0 Å². The summed E-state index contributed by atoms with van der Waals surface area (Å²) < 4.78 is 6.56. The van der Waals surface area contributed by atoms with Crippen molar-refractivity contribution in [3.8, 4) is 11.3 Å². The van der Waals surface area contributed by atoms with Crippen LogP contribution >= 0.6 is 0 Å². The molecule has 0 saturated heterocycles. The molecule has 0 spiro atoms. The van der Waals surface area contributed by atoms with E-state index < -0.39 is 0 Å². The minimum Gasteiger partial charge on any atom is -0.465 e. The summed E-state index contributed by atoms with van der Waals surface area (Å²) in [7, 11) is 1.39. The summed E-state index contributed by atoms with van der Waals surface area (Å²) in [5.41, 5.74) is 4.04. The van der Waals surface area contributed by atoms with Crippen LogP contribution in [0.3, 0.4) is 0 Å². The molecule has 4 aromatic rings. The topological polar surface area (TPSA) is 94.3 Å². The van der Waals surface area contributed by atoms with Crippen molar-refractivity contribution in [2.24, 2.45) is 0 Å². The van der Waals surface area contributed by atoms with E-state index in [1.54, 1.807) is 10.6 Å². The van der Waals surface area contributed by atoms with Gasteiger partial charge in [0, 0.05) is 17.5 Å². The molecule has 0 atom stereocenters. The summed E-state index contributed by atoms with van der Waals surface area (Å²) >= 11 is 0. The van der Waals surface area contributed by atoms with E-state index in [9.17, 15) is 4.79 Å². The number of anilines is 1. The lowest BCUT2D eigenvalue weighted by atomic mass is 10.1. The molecule has 1 aliphatic rings. The SMILES string of the molecule is COC(=O)c1ccc(CNc2cc(-c3ccccc3)nc3ncnn23)nc1C1CC1. The van der Waals surface area contributed by atoms with E-state index in [1.165, 1.54) is 13.4 Å². The first kappa shape index (κ1) is 18.2. The van der Waals surface area contributed by atoms with Gasteiger partial charge in [-0.3, -0.25) is 4.98 Å². The number of carbonyl (C=O) groups is 1.